The molecule has 0 aliphatic rings. The van der Waals surface area contributed by atoms with Crippen molar-refractivity contribution < 1.29 is 4.42 Å². The predicted octanol–water partition coefficient (Wildman–Crippen LogP) is 20.6. The largest absolute Gasteiger partial charge is 0.455 e. The van der Waals surface area contributed by atoms with Crippen molar-refractivity contribution in [2.45, 2.75) is 0 Å². The van der Waals surface area contributed by atoms with Crippen molar-refractivity contribution in [2.75, 3.05) is 0 Å². The van der Waals surface area contributed by atoms with Crippen LogP contribution in [-0.4, -0.2) is 24.9 Å². The zero-order valence-corrected chi connectivity index (χ0v) is 46.1. The van der Waals surface area contributed by atoms with Gasteiger partial charge in [-0.25, -0.2) is 24.9 Å². The van der Waals surface area contributed by atoms with Crippen LogP contribution in [0.15, 0.2) is 314 Å². The summed E-state index contributed by atoms with van der Waals surface area (Å²) in [5, 5.41) is 2.05. The fourth-order valence-electron chi connectivity index (χ4n) is 11.5. The van der Waals surface area contributed by atoms with Crippen molar-refractivity contribution in [1.82, 2.24) is 24.9 Å². The number of nitrogens with zero attached hydrogens (tertiary/aromatic N) is 5. The Morgan fingerprint density at radius 1 is 0.176 bits per heavy atom. The summed E-state index contributed by atoms with van der Waals surface area (Å²) in [4.78, 5) is 26.3. The van der Waals surface area contributed by atoms with Crippen LogP contribution in [0.25, 0.3) is 157 Å². The summed E-state index contributed by atoms with van der Waals surface area (Å²) in [6.45, 7) is 0. The van der Waals surface area contributed by atoms with Crippen LogP contribution in [0.3, 0.4) is 0 Å². The van der Waals surface area contributed by atoms with Crippen LogP contribution in [0.5, 0.6) is 0 Å². The third-order valence-corrected chi connectivity index (χ3v) is 15.7. The van der Waals surface area contributed by atoms with E-state index in [4.69, 9.17) is 29.3 Å². The van der Waals surface area contributed by atoms with E-state index in [0.29, 0.717) is 23.3 Å². The number of para-hydroxylation sites is 2. The Bertz CT molecular complexity index is 4430. The summed E-state index contributed by atoms with van der Waals surface area (Å²) in [6, 6.07) is 108. The molecule has 0 spiro atoms. The van der Waals surface area contributed by atoms with Gasteiger partial charge in [0, 0.05) is 55.3 Å². The third-order valence-electron chi connectivity index (χ3n) is 15.7. The SMILES string of the molecule is c1ccc(-c2cccc(-c3cc(-c4cccc(-c5ccccc5)c4)nc(-c4cccc(-c5cccc6c5oc5c(-c7cccc(-c8nc(-c9cccc(-c%10ccccc%10)c9)nc(-c9cccc(-c%10ccccc%10)c9)n8)c7)cccc56)c4)n3)c2)cc1. The molecular formula is C79H51N5O. The number of hydrogen-bond acceptors (Lipinski definition) is 6. The summed E-state index contributed by atoms with van der Waals surface area (Å²) in [7, 11) is 0. The Morgan fingerprint density at radius 2 is 0.424 bits per heavy atom. The molecule has 398 valence electrons. The molecule has 0 saturated heterocycles. The Balaban J connectivity index is 0.818. The van der Waals surface area contributed by atoms with Crippen LogP contribution in [0.1, 0.15) is 0 Å². The lowest BCUT2D eigenvalue weighted by Gasteiger charge is -2.12. The smallest absolute Gasteiger partial charge is 0.164 e. The van der Waals surface area contributed by atoms with E-state index in [-0.39, 0.29) is 0 Å². The predicted molar refractivity (Wildman–Crippen MR) is 348 cm³/mol. The van der Waals surface area contributed by atoms with Crippen LogP contribution in [-0.2, 0) is 0 Å². The minimum Gasteiger partial charge on any atom is -0.455 e. The van der Waals surface area contributed by atoms with Gasteiger partial charge in [-0.3, -0.25) is 0 Å². The first-order chi connectivity index (χ1) is 42.1. The molecule has 6 nitrogen and oxygen atoms in total. The summed E-state index contributed by atoms with van der Waals surface area (Å²) < 4.78 is 7.14. The summed E-state index contributed by atoms with van der Waals surface area (Å²) in [5.41, 5.74) is 21.7. The van der Waals surface area contributed by atoms with Crippen molar-refractivity contribution >= 4 is 21.9 Å². The highest BCUT2D eigenvalue weighted by Crippen LogP contribution is 2.42. The maximum atomic E-state index is 7.14. The van der Waals surface area contributed by atoms with E-state index in [1.54, 1.807) is 0 Å². The lowest BCUT2D eigenvalue weighted by Crippen LogP contribution is -2.00. The summed E-state index contributed by atoms with van der Waals surface area (Å²) >= 11 is 0. The zero-order valence-electron chi connectivity index (χ0n) is 46.1. The fraction of sp³-hybridized carbons (Fsp3) is 0. The van der Waals surface area contributed by atoms with Gasteiger partial charge in [0.05, 0.1) is 11.4 Å². The second-order valence-electron chi connectivity index (χ2n) is 21.2. The quantitative estimate of drug-likeness (QED) is 0.121. The van der Waals surface area contributed by atoms with E-state index >= 15 is 0 Å². The molecule has 15 rings (SSSR count). The molecule has 0 fully saturated rings. The van der Waals surface area contributed by atoms with Crippen molar-refractivity contribution in [3.05, 3.63) is 309 Å². The van der Waals surface area contributed by atoms with Crippen LogP contribution >= 0.6 is 0 Å². The highest BCUT2D eigenvalue weighted by molar-refractivity contribution is 6.13. The molecule has 0 bridgehead atoms. The first-order valence-electron chi connectivity index (χ1n) is 28.5. The Morgan fingerprint density at radius 3 is 0.765 bits per heavy atom. The molecule has 0 radical (unpaired) electrons. The van der Waals surface area contributed by atoms with E-state index in [1.807, 2.05) is 24.3 Å². The lowest BCUT2D eigenvalue weighted by molar-refractivity contribution is 0.671. The summed E-state index contributed by atoms with van der Waals surface area (Å²) in [6.07, 6.45) is 0. The molecule has 3 heterocycles. The molecule has 0 atom stereocenters. The molecular weight excluding hydrogens is 1030 g/mol. The van der Waals surface area contributed by atoms with E-state index in [1.165, 1.54) is 0 Å². The molecule has 0 aliphatic carbocycles. The number of rotatable bonds is 12. The maximum Gasteiger partial charge on any atom is 0.164 e. The van der Waals surface area contributed by atoms with Crippen molar-refractivity contribution in [3.63, 3.8) is 0 Å². The Hall–Kier alpha value is -11.5. The fourth-order valence-corrected chi connectivity index (χ4v) is 11.5. The van der Waals surface area contributed by atoms with E-state index < -0.39 is 0 Å². The maximum absolute atomic E-state index is 7.14. The molecule has 3 aromatic heterocycles. The second kappa shape index (κ2) is 22.1. The molecule has 0 amide bonds. The summed E-state index contributed by atoms with van der Waals surface area (Å²) in [5.74, 6) is 2.37. The minimum atomic E-state index is 0.569. The number of benzene rings is 12. The van der Waals surface area contributed by atoms with Gasteiger partial charge in [0.2, 0.25) is 0 Å². The number of aromatic nitrogens is 5. The van der Waals surface area contributed by atoms with Crippen molar-refractivity contribution in [2.24, 2.45) is 0 Å². The van der Waals surface area contributed by atoms with Crippen LogP contribution in [0, 0.1) is 0 Å². The number of furan rings is 1. The number of fused-ring (bicyclic) bond motifs is 3. The average Bonchev–Trinajstić information content (AvgIpc) is 2.18. The normalized spacial score (nSPS) is 11.3. The van der Waals surface area contributed by atoms with Gasteiger partial charge in [-0.05, 0) is 98.1 Å². The average molecular weight is 1090 g/mol. The number of hydrogen-bond donors (Lipinski definition) is 0. The topological polar surface area (TPSA) is 77.6 Å². The van der Waals surface area contributed by atoms with Gasteiger partial charge in [0.15, 0.2) is 23.3 Å². The molecule has 0 N–H and O–H groups in total. The van der Waals surface area contributed by atoms with Crippen LogP contribution in [0.2, 0.25) is 0 Å². The molecule has 6 heteroatoms. The molecule has 0 saturated carbocycles. The van der Waals surface area contributed by atoms with Gasteiger partial charge in [-0.1, -0.05) is 267 Å². The van der Waals surface area contributed by atoms with Gasteiger partial charge >= 0.3 is 0 Å². The monoisotopic (exact) mass is 1090 g/mol. The van der Waals surface area contributed by atoms with Crippen molar-refractivity contribution in [1.29, 1.82) is 0 Å². The molecule has 0 aliphatic heterocycles. The highest BCUT2D eigenvalue weighted by atomic mass is 16.3. The van der Waals surface area contributed by atoms with E-state index in [9.17, 15) is 0 Å². The Kier molecular flexibility index (Phi) is 13.1. The van der Waals surface area contributed by atoms with Crippen molar-refractivity contribution in [3.8, 4) is 135 Å². The van der Waals surface area contributed by atoms with Gasteiger partial charge in [-0.2, -0.15) is 0 Å². The minimum absolute atomic E-state index is 0.569. The molecule has 0 unspecified atom stereocenters. The van der Waals surface area contributed by atoms with E-state index in [0.717, 1.165) is 133 Å². The standard InChI is InChI=1S/C79H51N5O/c1-5-21-52(22-6-1)56-29-13-35-62(45-56)72-51-73(63-36-14-30-57(46-63)53-23-7-2-8-24-53)81-76(80-72)66-39-17-33-60(49-66)68-41-19-43-70-71-44-20-42-69(75(71)85-74(68)70)61-34-18-40-67(50-61)79-83-77(64-37-15-31-58(47-64)54-25-9-3-10-26-54)82-78(84-79)65-38-16-32-59(48-65)55-27-11-4-12-28-55/h1-51H. The molecule has 15 aromatic rings. The molecule has 85 heavy (non-hydrogen) atoms. The van der Waals surface area contributed by atoms with Gasteiger partial charge in [-0.15, -0.1) is 0 Å². The highest BCUT2D eigenvalue weighted by Gasteiger charge is 2.20. The van der Waals surface area contributed by atoms with Gasteiger partial charge < -0.3 is 4.42 Å². The first-order valence-corrected chi connectivity index (χ1v) is 28.5. The van der Waals surface area contributed by atoms with Gasteiger partial charge in [0.25, 0.3) is 0 Å². The van der Waals surface area contributed by atoms with E-state index in [2.05, 4.69) is 285 Å². The first kappa shape index (κ1) is 50.5. The second-order valence-corrected chi connectivity index (χ2v) is 21.2. The Labute approximate surface area is 492 Å². The third kappa shape index (κ3) is 10.2. The lowest BCUT2D eigenvalue weighted by atomic mass is 9.98. The molecule has 12 aromatic carbocycles. The van der Waals surface area contributed by atoms with Crippen LogP contribution in [0.4, 0.5) is 0 Å². The van der Waals surface area contributed by atoms with Crippen LogP contribution < -0.4 is 0 Å². The zero-order chi connectivity index (χ0) is 56.5. The van der Waals surface area contributed by atoms with Gasteiger partial charge in [0.1, 0.15) is 11.2 Å².